The highest BCUT2D eigenvalue weighted by molar-refractivity contribution is 7.80. The molecule has 0 unspecified atom stereocenters. The van der Waals surface area contributed by atoms with Gasteiger partial charge < -0.3 is 0 Å². The minimum absolute atomic E-state index is 0.944. The molecule has 0 aromatic rings. The monoisotopic (exact) mass is 126 g/mol. The van der Waals surface area contributed by atoms with Gasteiger partial charge in [-0.3, -0.25) is 0 Å². The van der Waals surface area contributed by atoms with Gasteiger partial charge in [0.15, 0.2) is 0 Å². The van der Waals surface area contributed by atoms with Gasteiger partial charge >= 0.3 is 0 Å². The van der Waals surface area contributed by atoms with Crippen LogP contribution in [0.5, 0.6) is 0 Å². The lowest BCUT2D eigenvalue weighted by atomic mass is 10.3. The molecular weight excluding hydrogens is 116 g/mol. The van der Waals surface area contributed by atoms with E-state index >= 15 is 0 Å². The van der Waals surface area contributed by atoms with Crippen LogP contribution >= 0.6 is 12.2 Å². The van der Waals surface area contributed by atoms with Crippen molar-refractivity contribution in [3.05, 3.63) is 24.8 Å². The molecule has 1 heteroatoms. The third kappa shape index (κ3) is 3.75. The van der Waals surface area contributed by atoms with Gasteiger partial charge in [-0.1, -0.05) is 37.9 Å². The van der Waals surface area contributed by atoms with Gasteiger partial charge in [-0.2, -0.15) is 0 Å². The van der Waals surface area contributed by atoms with Gasteiger partial charge in [-0.15, -0.1) is 0 Å². The zero-order valence-electron chi connectivity index (χ0n) is 5.05. The molecule has 0 radical (unpaired) electrons. The van der Waals surface area contributed by atoms with Crippen LogP contribution in [0.25, 0.3) is 0 Å². The molecule has 44 valence electrons. The summed E-state index contributed by atoms with van der Waals surface area (Å²) in [7, 11) is 0. The Hall–Kier alpha value is -0.430. The molecule has 0 aromatic carbocycles. The second-order valence-corrected chi connectivity index (χ2v) is 1.94. The number of hydrogen-bond donors (Lipinski definition) is 0. The predicted molar refractivity (Wildman–Crippen MR) is 42.2 cm³/mol. The lowest BCUT2D eigenvalue weighted by Gasteiger charge is -1.83. The SMILES string of the molecule is C=C/C=C\C(=S)CC. The summed E-state index contributed by atoms with van der Waals surface area (Å²) in [5, 5.41) is 0. The van der Waals surface area contributed by atoms with Gasteiger partial charge in [-0.25, -0.2) is 0 Å². The average Bonchev–Trinajstić information content (AvgIpc) is 1.83. The van der Waals surface area contributed by atoms with E-state index in [-0.39, 0.29) is 0 Å². The smallest absolute Gasteiger partial charge is 0.0149 e. The van der Waals surface area contributed by atoms with Gasteiger partial charge in [0.25, 0.3) is 0 Å². The van der Waals surface area contributed by atoms with Crippen LogP contribution in [0.1, 0.15) is 13.3 Å². The first-order valence-corrected chi connectivity index (χ1v) is 3.04. The number of hydrogen-bond acceptors (Lipinski definition) is 1. The topological polar surface area (TPSA) is 0 Å². The molecule has 0 amide bonds. The lowest BCUT2D eigenvalue weighted by Crippen LogP contribution is -1.80. The minimum atomic E-state index is 0.944. The minimum Gasteiger partial charge on any atom is -0.0991 e. The van der Waals surface area contributed by atoms with E-state index in [9.17, 15) is 0 Å². The Labute approximate surface area is 55.9 Å². The third-order valence-corrected chi connectivity index (χ3v) is 1.19. The van der Waals surface area contributed by atoms with E-state index < -0.39 is 0 Å². The highest BCUT2D eigenvalue weighted by atomic mass is 32.1. The molecule has 0 saturated heterocycles. The van der Waals surface area contributed by atoms with Crippen molar-refractivity contribution in [1.82, 2.24) is 0 Å². The van der Waals surface area contributed by atoms with Gasteiger partial charge in [0.2, 0.25) is 0 Å². The first-order valence-electron chi connectivity index (χ1n) is 2.63. The van der Waals surface area contributed by atoms with Crippen molar-refractivity contribution >= 4 is 17.1 Å². The quantitative estimate of drug-likeness (QED) is 0.318. The van der Waals surface area contributed by atoms with Crippen LogP contribution in [0.4, 0.5) is 0 Å². The highest BCUT2D eigenvalue weighted by Crippen LogP contribution is 1.86. The van der Waals surface area contributed by atoms with E-state index in [4.69, 9.17) is 12.2 Å². The maximum atomic E-state index is 4.89. The van der Waals surface area contributed by atoms with Crippen LogP contribution in [-0.2, 0) is 0 Å². The van der Waals surface area contributed by atoms with Crippen molar-refractivity contribution in [3.63, 3.8) is 0 Å². The highest BCUT2D eigenvalue weighted by Gasteiger charge is 1.79. The fraction of sp³-hybridized carbons (Fsp3) is 0.286. The fourth-order valence-corrected chi connectivity index (χ4v) is 0.372. The van der Waals surface area contributed by atoms with Crippen LogP contribution in [0.3, 0.4) is 0 Å². The van der Waals surface area contributed by atoms with E-state index in [1.165, 1.54) is 0 Å². The van der Waals surface area contributed by atoms with Crippen LogP contribution in [0, 0.1) is 0 Å². The maximum absolute atomic E-state index is 4.89. The van der Waals surface area contributed by atoms with Crippen molar-refractivity contribution in [2.75, 3.05) is 0 Å². The van der Waals surface area contributed by atoms with Gasteiger partial charge in [0, 0.05) is 4.86 Å². The third-order valence-electron chi connectivity index (χ3n) is 0.767. The summed E-state index contributed by atoms with van der Waals surface area (Å²) in [6.07, 6.45) is 6.41. The van der Waals surface area contributed by atoms with Crippen LogP contribution < -0.4 is 0 Å². The van der Waals surface area contributed by atoms with Crippen molar-refractivity contribution in [1.29, 1.82) is 0 Å². The Morgan fingerprint density at radius 1 is 1.75 bits per heavy atom. The lowest BCUT2D eigenvalue weighted by molar-refractivity contribution is 1.33. The fourth-order valence-electron chi connectivity index (χ4n) is 0.293. The van der Waals surface area contributed by atoms with Gasteiger partial charge in [0.05, 0.1) is 0 Å². The van der Waals surface area contributed by atoms with Gasteiger partial charge in [0.1, 0.15) is 0 Å². The summed E-state index contributed by atoms with van der Waals surface area (Å²) in [4.78, 5) is 0.977. The second-order valence-electron chi connectivity index (χ2n) is 1.41. The molecular formula is C7H10S. The van der Waals surface area contributed by atoms with E-state index in [1.54, 1.807) is 6.08 Å². The number of rotatable bonds is 3. The molecule has 0 spiro atoms. The Bertz CT molecular complexity index is 112. The zero-order valence-corrected chi connectivity index (χ0v) is 5.87. The summed E-state index contributed by atoms with van der Waals surface area (Å²) < 4.78 is 0. The van der Waals surface area contributed by atoms with Crippen LogP contribution in [0.2, 0.25) is 0 Å². The van der Waals surface area contributed by atoms with Crippen LogP contribution in [-0.4, -0.2) is 4.86 Å². The Kier molecular flexibility index (Phi) is 4.47. The summed E-state index contributed by atoms with van der Waals surface area (Å²) in [6.45, 7) is 5.56. The molecule has 0 atom stereocenters. The Balaban J connectivity index is 3.52. The van der Waals surface area contributed by atoms with Crippen molar-refractivity contribution in [2.24, 2.45) is 0 Å². The van der Waals surface area contributed by atoms with Crippen molar-refractivity contribution < 1.29 is 0 Å². The molecule has 0 bridgehead atoms. The van der Waals surface area contributed by atoms with Crippen molar-refractivity contribution in [3.8, 4) is 0 Å². The summed E-state index contributed by atoms with van der Waals surface area (Å²) in [6, 6.07) is 0. The molecule has 0 fully saturated rings. The second kappa shape index (κ2) is 4.72. The molecule has 0 saturated carbocycles. The summed E-state index contributed by atoms with van der Waals surface area (Å²) >= 11 is 4.89. The van der Waals surface area contributed by atoms with Crippen molar-refractivity contribution in [2.45, 2.75) is 13.3 Å². The van der Waals surface area contributed by atoms with E-state index in [0.717, 1.165) is 11.3 Å². The molecule has 0 N–H and O–H groups in total. The normalized spacial score (nSPS) is 9.62. The number of allylic oxidation sites excluding steroid dienone is 3. The molecule has 8 heavy (non-hydrogen) atoms. The van der Waals surface area contributed by atoms with E-state index in [2.05, 4.69) is 6.58 Å². The molecule has 0 heterocycles. The first kappa shape index (κ1) is 7.57. The zero-order chi connectivity index (χ0) is 6.41. The largest absolute Gasteiger partial charge is 0.0991 e. The molecule has 0 nitrogen and oxygen atoms in total. The Morgan fingerprint density at radius 3 is 2.75 bits per heavy atom. The molecule has 0 aromatic heterocycles. The van der Waals surface area contributed by atoms with Crippen LogP contribution in [0.15, 0.2) is 24.8 Å². The number of thiocarbonyl (C=S) groups is 1. The molecule has 0 aliphatic heterocycles. The van der Waals surface area contributed by atoms with E-state index in [1.807, 2.05) is 19.1 Å². The molecule has 0 aliphatic rings. The first-order chi connectivity index (χ1) is 3.81. The maximum Gasteiger partial charge on any atom is 0.0149 e. The standard InChI is InChI=1S/C7H10S/c1-3-5-6-7(8)4-2/h3,5-6H,1,4H2,2H3/b6-5-. The predicted octanol–water partition coefficient (Wildman–Crippen LogP) is 2.51. The summed E-state index contributed by atoms with van der Waals surface area (Å²) in [5.74, 6) is 0. The van der Waals surface area contributed by atoms with Gasteiger partial charge in [-0.05, 0) is 12.5 Å². The average molecular weight is 126 g/mol. The Morgan fingerprint density at radius 2 is 2.38 bits per heavy atom. The molecule has 0 aliphatic carbocycles. The van der Waals surface area contributed by atoms with E-state index in [0.29, 0.717) is 0 Å². The molecule has 0 rings (SSSR count). The summed E-state index contributed by atoms with van der Waals surface area (Å²) in [5.41, 5.74) is 0.